The lowest BCUT2D eigenvalue weighted by Gasteiger charge is -2.35. The van der Waals surface area contributed by atoms with E-state index in [1.54, 1.807) is 0 Å². The molecule has 3 aliphatic heterocycles. The Bertz CT molecular complexity index is 586. The molecule has 7 nitrogen and oxygen atoms in total. The van der Waals surface area contributed by atoms with E-state index in [-0.39, 0.29) is 17.4 Å². The van der Waals surface area contributed by atoms with Gasteiger partial charge in [0.1, 0.15) is 5.71 Å². The number of piperazine rings is 1. The summed E-state index contributed by atoms with van der Waals surface area (Å²) in [7, 11) is 0. The first-order valence-corrected chi connectivity index (χ1v) is 10.7. The number of carbonyl (C=O) groups is 2. The van der Waals surface area contributed by atoms with Crippen molar-refractivity contribution in [1.29, 1.82) is 0 Å². The Balaban J connectivity index is 1.20. The van der Waals surface area contributed by atoms with Crippen molar-refractivity contribution in [2.75, 3.05) is 39.3 Å². The van der Waals surface area contributed by atoms with Gasteiger partial charge in [-0.2, -0.15) is 0 Å². The first kappa shape index (κ1) is 18.7. The van der Waals surface area contributed by atoms with E-state index in [2.05, 4.69) is 10.5 Å². The molecule has 1 spiro atoms. The Morgan fingerprint density at radius 2 is 1.85 bits per heavy atom. The molecule has 1 N–H and O–H groups in total. The van der Waals surface area contributed by atoms with Crippen LogP contribution >= 0.6 is 0 Å². The Morgan fingerprint density at radius 1 is 1.11 bits per heavy atom. The van der Waals surface area contributed by atoms with Crippen molar-refractivity contribution < 1.29 is 14.4 Å². The fraction of sp³-hybridized carbons (Fsp3) is 0.850. The van der Waals surface area contributed by atoms with Crippen LogP contribution in [-0.2, 0) is 14.4 Å². The summed E-state index contributed by atoms with van der Waals surface area (Å²) in [5.41, 5.74) is 0.234. The normalized spacial score (nSPS) is 29.1. The molecule has 2 amide bonds. The maximum atomic E-state index is 12.7. The summed E-state index contributed by atoms with van der Waals surface area (Å²) in [5.74, 6) is 0.974. The zero-order chi connectivity index (χ0) is 18.7. The molecule has 0 bridgehead atoms. The SMILES string of the molecule is O=C(CCC1CCCCC1)N1CCN(C(=O)C2=NOC3(CCNC3)C2)CC1. The van der Waals surface area contributed by atoms with E-state index in [1.165, 1.54) is 32.1 Å². The molecular formula is C20H32N4O3. The standard InChI is InChI=1S/C20H32N4O3/c25-18(7-6-16-4-2-1-3-5-16)23-10-12-24(13-11-23)19(26)17-14-20(27-22-17)8-9-21-15-20/h16,21H,1-15H2. The molecular weight excluding hydrogens is 344 g/mol. The Kier molecular flexibility index (Phi) is 5.66. The predicted octanol–water partition coefficient (Wildman–Crippen LogP) is 1.53. The van der Waals surface area contributed by atoms with Gasteiger partial charge in [0.05, 0.1) is 0 Å². The van der Waals surface area contributed by atoms with Crippen LogP contribution in [0.4, 0.5) is 0 Å². The van der Waals surface area contributed by atoms with Crippen LogP contribution in [0.25, 0.3) is 0 Å². The van der Waals surface area contributed by atoms with Crippen LogP contribution in [0.3, 0.4) is 0 Å². The van der Waals surface area contributed by atoms with Gasteiger partial charge in [-0.05, 0) is 18.9 Å². The average molecular weight is 377 g/mol. The van der Waals surface area contributed by atoms with Crippen molar-refractivity contribution in [3.05, 3.63) is 0 Å². The molecule has 0 aromatic carbocycles. The summed E-state index contributed by atoms with van der Waals surface area (Å²) in [6.45, 7) is 4.14. The van der Waals surface area contributed by atoms with E-state index < -0.39 is 0 Å². The van der Waals surface area contributed by atoms with Crippen LogP contribution in [-0.4, -0.2) is 72.2 Å². The summed E-state index contributed by atoms with van der Waals surface area (Å²) in [6.07, 6.45) is 9.77. The third-order valence-corrected chi connectivity index (χ3v) is 6.70. The second kappa shape index (κ2) is 8.17. The van der Waals surface area contributed by atoms with E-state index in [9.17, 15) is 9.59 Å². The lowest BCUT2D eigenvalue weighted by atomic mass is 9.86. The van der Waals surface area contributed by atoms with Gasteiger partial charge in [0.15, 0.2) is 5.60 Å². The molecule has 4 aliphatic rings. The fourth-order valence-electron chi connectivity index (χ4n) is 4.89. The minimum Gasteiger partial charge on any atom is -0.387 e. The molecule has 1 saturated carbocycles. The quantitative estimate of drug-likeness (QED) is 0.807. The van der Waals surface area contributed by atoms with Crippen molar-refractivity contribution in [2.24, 2.45) is 11.1 Å². The van der Waals surface area contributed by atoms with Crippen molar-refractivity contribution in [3.63, 3.8) is 0 Å². The second-order valence-corrected chi connectivity index (χ2v) is 8.63. The highest BCUT2D eigenvalue weighted by Gasteiger charge is 2.44. The summed E-state index contributed by atoms with van der Waals surface area (Å²) in [6, 6.07) is 0. The maximum Gasteiger partial charge on any atom is 0.271 e. The molecule has 0 aromatic heterocycles. The molecule has 7 heteroatoms. The number of hydrogen-bond acceptors (Lipinski definition) is 5. The summed E-state index contributed by atoms with van der Waals surface area (Å²) < 4.78 is 0. The summed E-state index contributed by atoms with van der Waals surface area (Å²) in [5, 5.41) is 7.37. The summed E-state index contributed by atoms with van der Waals surface area (Å²) in [4.78, 5) is 34.6. The average Bonchev–Trinajstić information content (AvgIpc) is 3.36. The minimum absolute atomic E-state index is 0.0203. The molecule has 0 aromatic rings. The molecule has 1 unspecified atom stereocenters. The fourth-order valence-corrected chi connectivity index (χ4v) is 4.89. The third-order valence-electron chi connectivity index (χ3n) is 6.70. The van der Waals surface area contributed by atoms with Crippen molar-refractivity contribution >= 4 is 17.5 Å². The van der Waals surface area contributed by atoms with E-state index in [0.29, 0.717) is 44.7 Å². The molecule has 4 rings (SSSR count). The van der Waals surface area contributed by atoms with E-state index in [4.69, 9.17) is 4.84 Å². The third kappa shape index (κ3) is 4.28. The molecule has 1 atom stereocenters. The highest BCUT2D eigenvalue weighted by molar-refractivity contribution is 6.39. The van der Waals surface area contributed by atoms with Crippen LogP contribution in [0, 0.1) is 5.92 Å². The van der Waals surface area contributed by atoms with Gasteiger partial charge in [-0.15, -0.1) is 0 Å². The number of nitrogens with one attached hydrogen (secondary N) is 1. The number of hydrogen-bond donors (Lipinski definition) is 1. The highest BCUT2D eigenvalue weighted by Crippen LogP contribution is 2.30. The Hall–Kier alpha value is -1.63. The zero-order valence-electron chi connectivity index (χ0n) is 16.3. The van der Waals surface area contributed by atoms with Crippen molar-refractivity contribution in [2.45, 2.75) is 63.4 Å². The van der Waals surface area contributed by atoms with Gasteiger partial charge >= 0.3 is 0 Å². The summed E-state index contributed by atoms with van der Waals surface area (Å²) >= 11 is 0. The smallest absolute Gasteiger partial charge is 0.271 e. The highest BCUT2D eigenvalue weighted by atomic mass is 16.7. The van der Waals surface area contributed by atoms with Gasteiger partial charge in [0, 0.05) is 52.0 Å². The van der Waals surface area contributed by atoms with Crippen LogP contribution in [0.5, 0.6) is 0 Å². The molecule has 150 valence electrons. The Morgan fingerprint density at radius 3 is 2.56 bits per heavy atom. The van der Waals surface area contributed by atoms with Gasteiger partial charge in [-0.25, -0.2) is 0 Å². The maximum absolute atomic E-state index is 12.7. The molecule has 3 fully saturated rings. The molecule has 1 aliphatic carbocycles. The number of amides is 2. The number of oxime groups is 1. The lowest BCUT2D eigenvalue weighted by molar-refractivity contribution is -0.136. The zero-order valence-corrected chi connectivity index (χ0v) is 16.3. The van der Waals surface area contributed by atoms with Gasteiger partial charge < -0.3 is 20.0 Å². The van der Waals surface area contributed by atoms with Crippen molar-refractivity contribution in [3.8, 4) is 0 Å². The van der Waals surface area contributed by atoms with Gasteiger partial charge in [0.2, 0.25) is 5.91 Å². The molecule has 3 heterocycles. The van der Waals surface area contributed by atoms with E-state index in [0.717, 1.165) is 31.8 Å². The van der Waals surface area contributed by atoms with E-state index in [1.807, 2.05) is 9.80 Å². The van der Waals surface area contributed by atoms with E-state index >= 15 is 0 Å². The minimum atomic E-state index is -0.304. The van der Waals surface area contributed by atoms with Gasteiger partial charge in [-0.1, -0.05) is 37.3 Å². The number of nitrogens with zero attached hydrogens (tertiary/aromatic N) is 3. The number of carbonyl (C=O) groups excluding carboxylic acids is 2. The largest absolute Gasteiger partial charge is 0.387 e. The number of rotatable bonds is 4. The Labute approximate surface area is 161 Å². The second-order valence-electron chi connectivity index (χ2n) is 8.63. The van der Waals surface area contributed by atoms with Crippen LogP contribution in [0.15, 0.2) is 5.16 Å². The topological polar surface area (TPSA) is 74.2 Å². The first-order valence-electron chi connectivity index (χ1n) is 10.7. The van der Waals surface area contributed by atoms with Gasteiger partial charge in [0.25, 0.3) is 5.91 Å². The van der Waals surface area contributed by atoms with Crippen LogP contribution < -0.4 is 5.32 Å². The van der Waals surface area contributed by atoms with Gasteiger partial charge in [-0.3, -0.25) is 9.59 Å². The molecule has 27 heavy (non-hydrogen) atoms. The lowest BCUT2D eigenvalue weighted by Crippen LogP contribution is -2.52. The monoisotopic (exact) mass is 376 g/mol. The van der Waals surface area contributed by atoms with Crippen molar-refractivity contribution in [1.82, 2.24) is 15.1 Å². The molecule has 2 saturated heterocycles. The predicted molar refractivity (Wildman–Crippen MR) is 102 cm³/mol. The first-order chi connectivity index (χ1) is 13.2. The van der Waals surface area contributed by atoms with Crippen LogP contribution in [0.2, 0.25) is 0 Å². The van der Waals surface area contributed by atoms with Crippen LogP contribution in [0.1, 0.15) is 57.8 Å². The molecule has 0 radical (unpaired) electrons.